The number of nitrogens with zero attached hydrogens (tertiary/aromatic N) is 1. The van der Waals surface area contributed by atoms with Gasteiger partial charge in [-0.05, 0) is 12.1 Å². The minimum Gasteiger partial charge on any atom is -0.342 e. The van der Waals surface area contributed by atoms with E-state index < -0.39 is 10.2 Å². The highest BCUT2D eigenvalue weighted by Gasteiger charge is 2.06. The predicted molar refractivity (Wildman–Crippen MR) is 65.8 cm³/mol. The molecule has 1 aromatic heterocycles. The molecule has 0 unspecified atom stereocenters. The summed E-state index contributed by atoms with van der Waals surface area (Å²) in [5.74, 6) is 0.769. The van der Waals surface area contributed by atoms with Crippen molar-refractivity contribution in [3.8, 4) is 0 Å². The van der Waals surface area contributed by atoms with Gasteiger partial charge in [-0.1, -0.05) is 12.1 Å². The smallest absolute Gasteiger partial charge is 0.276 e. The molecule has 0 aliphatic heterocycles. The van der Waals surface area contributed by atoms with Crippen LogP contribution in [0.15, 0.2) is 24.3 Å². The summed E-state index contributed by atoms with van der Waals surface area (Å²) in [4.78, 5) is 7.48. The molecule has 0 aliphatic rings. The maximum absolute atomic E-state index is 11.1. The summed E-state index contributed by atoms with van der Waals surface area (Å²) in [6.45, 7) is 0.309. The highest BCUT2D eigenvalue weighted by atomic mass is 32.2. The largest absolute Gasteiger partial charge is 0.342 e. The van der Waals surface area contributed by atoms with Crippen LogP contribution in [-0.4, -0.2) is 32.0 Å². The van der Waals surface area contributed by atoms with E-state index in [-0.39, 0.29) is 0 Å². The molecule has 0 atom stereocenters. The van der Waals surface area contributed by atoms with E-state index in [4.69, 9.17) is 0 Å². The van der Waals surface area contributed by atoms with Gasteiger partial charge >= 0.3 is 0 Å². The van der Waals surface area contributed by atoms with Gasteiger partial charge in [0.1, 0.15) is 5.82 Å². The monoisotopic (exact) mass is 254 g/mol. The van der Waals surface area contributed by atoms with Crippen LogP contribution in [0.1, 0.15) is 5.82 Å². The van der Waals surface area contributed by atoms with Crippen molar-refractivity contribution in [1.82, 2.24) is 19.4 Å². The van der Waals surface area contributed by atoms with Gasteiger partial charge in [0.15, 0.2) is 0 Å². The lowest BCUT2D eigenvalue weighted by Crippen LogP contribution is -2.35. The average molecular weight is 254 g/mol. The molecule has 0 saturated carbocycles. The second kappa shape index (κ2) is 4.82. The number of hydrogen-bond acceptors (Lipinski definition) is 3. The lowest BCUT2D eigenvalue weighted by molar-refractivity contribution is 0.572. The van der Waals surface area contributed by atoms with Crippen molar-refractivity contribution >= 4 is 21.2 Å². The molecule has 17 heavy (non-hydrogen) atoms. The average Bonchev–Trinajstić information content (AvgIpc) is 2.71. The molecule has 1 aromatic carbocycles. The molecule has 0 spiro atoms. The summed E-state index contributed by atoms with van der Waals surface area (Å²) in [6, 6.07) is 7.68. The Morgan fingerprint density at radius 2 is 2.12 bits per heavy atom. The summed E-state index contributed by atoms with van der Waals surface area (Å²) in [5, 5.41) is 0. The normalized spacial score (nSPS) is 12.1. The van der Waals surface area contributed by atoms with Crippen LogP contribution in [0.3, 0.4) is 0 Å². The molecule has 0 fully saturated rings. The molecule has 0 bridgehead atoms. The van der Waals surface area contributed by atoms with E-state index >= 15 is 0 Å². The predicted octanol–water partition coefficient (Wildman–Crippen LogP) is 0.159. The van der Waals surface area contributed by atoms with Gasteiger partial charge in [-0.25, -0.2) is 14.4 Å². The summed E-state index contributed by atoms with van der Waals surface area (Å²) in [5.41, 5.74) is 1.85. The third-order valence-corrected chi connectivity index (χ3v) is 3.48. The maximum Gasteiger partial charge on any atom is 0.276 e. The number of H-pyrrole nitrogens is 1. The van der Waals surface area contributed by atoms with Crippen molar-refractivity contribution in [2.45, 2.75) is 6.42 Å². The lowest BCUT2D eigenvalue weighted by Gasteiger charge is -2.02. The van der Waals surface area contributed by atoms with Crippen LogP contribution in [0, 0.1) is 0 Å². The Balaban J connectivity index is 2.00. The molecule has 0 aliphatic carbocycles. The molecular formula is C10H14N4O2S. The van der Waals surface area contributed by atoms with Crippen molar-refractivity contribution in [2.24, 2.45) is 0 Å². The molecule has 92 valence electrons. The quantitative estimate of drug-likeness (QED) is 0.710. The van der Waals surface area contributed by atoms with E-state index in [1.807, 2.05) is 24.3 Å². The van der Waals surface area contributed by atoms with Crippen molar-refractivity contribution in [3.63, 3.8) is 0 Å². The van der Waals surface area contributed by atoms with Crippen LogP contribution >= 0.6 is 0 Å². The maximum atomic E-state index is 11.1. The van der Waals surface area contributed by atoms with Gasteiger partial charge in [-0.3, -0.25) is 0 Å². The topological polar surface area (TPSA) is 86.9 Å². The number of imidazole rings is 1. The molecule has 3 N–H and O–H groups in total. The Morgan fingerprint density at radius 3 is 2.82 bits per heavy atom. The van der Waals surface area contributed by atoms with Crippen LogP contribution in [0.2, 0.25) is 0 Å². The first kappa shape index (κ1) is 12.0. The molecule has 2 rings (SSSR count). The summed E-state index contributed by atoms with van der Waals surface area (Å²) >= 11 is 0. The summed E-state index contributed by atoms with van der Waals surface area (Å²) in [7, 11) is -2.00. The zero-order valence-corrected chi connectivity index (χ0v) is 10.2. The Labute approximate surface area is 99.6 Å². The van der Waals surface area contributed by atoms with E-state index in [0.717, 1.165) is 16.9 Å². The van der Waals surface area contributed by atoms with Crippen LogP contribution in [0.4, 0.5) is 0 Å². The standard InChI is InChI=1S/C10H14N4O2S/c1-11-17(15,16)12-7-6-10-13-8-4-2-3-5-9(8)14-10/h2-5,11-12H,6-7H2,1H3,(H,13,14). The Kier molecular flexibility index (Phi) is 3.41. The molecule has 0 radical (unpaired) electrons. The molecule has 1 heterocycles. The fourth-order valence-corrected chi connectivity index (χ4v) is 2.02. The fraction of sp³-hybridized carbons (Fsp3) is 0.300. The van der Waals surface area contributed by atoms with Crippen molar-refractivity contribution in [2.75, 3.05) is 13.6 Å². The third kappa shape index (κ3) is 3.02. The Bertz CT molecular complexity index is 573. The number of benzene rings is 1. The second-order valence-corrected chi connectivity index (χ2v) is 5.26. The number of rotatable bonds is 5. The summed E-state index contributed by atoms with van der Waals surface area (Å²) < 4.78 is 26.8. The van der Waals surface area contributed by atoms with E-state index in [2.05, 4.69) is 19.4 Å². The number of aromatic nitrogens is 2. The van der Waals surface area contributed by atoms with Crippen LogP contribution in [0.25, 0.3) is 11.0 Å². The molecular weight excluding hydrogens is 240 g/mol. The first-order valence-corrected chi connectivity index (χ1v) is 6.71. The van der Waals surface area contributed by atoms with Gasteiger partial charge < -0.3 is 4.98 Å². The van der Waals surface area contributed by atoms with Gasteiger partial charge in [0.2, 0.25) is 0 Å². The molecule has 6 nitrogen and oxygen atoms in total. The van der Waals surface area contributed by atoms with E-state index in [9.17, 15) is 8.42 Å². The zero-order valence-electron chi connectivity index (χ0n) is 9.40. The molecule has 0 saturated heterocycles. The zero-order chi connectivity index (χ0) is 12.3. The summed E-state index contributed by atoms with van der Waals surface area (Å²) in [6.07, 6.45) is 0.523. The minimum atomic E-state index is -3.36. The Morgan fingerprint density at radius 1 is 1.35 bits per heavy atom. The van der Waals surface area contributed by atoms with Crippen molar-refractivity contribution in [3.05, 3.63) is 30.1 Å². The van der Waals surface area contributed by atoms with Crippen LogP contribution in [-0.2, 0) is 16.6 Å². The van der Waals surface area contributed by atoms with Gasteiger partial charge in [0.25, 0.3) is 10.2 Å². The third-order valence-electron chi connectivity index (χ3n) is 2.36. The Hall–Kier alpha value is -1.44. The molecule has 0 amide bonds. The number of para-hydroxylation sites is 2. The lowest BCUT2D eigenvalue weighted by atomic mass is 10.3. The van der Waals surface area contributed by atoms with E-state index in [0.29, 0.717) is 13.0 Å². The van der Waals surface area contributed by atoms with Gasteiger partial charge in [-0.2, -0.15) is 8.42 Å². The first-order valence-electron chi connectivity index (χ1n) is 5.22. The van der Waals surface area contributed by atoms with Crippen molar-refractivity contribution < 1.29 is 8.42 Å². The van der Waals surface area contributed by atoms with Gasteiger partial charge in [-0.15, -0.1) is 0 Å². The van der Waals surface area contributed by atoms with Crippen LogP contribution in [0.5, 0.6) is 0 Å². The van der Waals surface area contributed by atoms with E-state index in [1.165, 1.54) is 7.05 Å². The van der Waals surface area contributed by atoms with Crippen LogP contribution < -0.4 is 9.44 Å². The number of fused-ring (bicyclic) bond motifs is 1. The number of nitrogens with one attached hydrogen (secondary N) is 3. The number of aromatic amines is 1. The first-order chi connectivity index (χ1) is 8.11. The van der Waals surface area contributed by atoms with E-state index in [1.54, 1.807) is 0 Å². The number of hydrogen-bond donors (Lipinski definition) is 3. The van der Waals surface area contributed by atoms with Crippen molar-refractivity contribution in [1.29, 1.82) is 0 Å². The second-order valence-electron chi connectivity index (χ2n) is 3.55. The van der Waals surface area contributed by atoms with Gasteiger partial charge in [0.05, 0.1) is 11.0 Å². The SMILES string of the molecule is CNS(=O)(=O)NCCc1nc2ccccc2[nH]1. The molecule has 2 aromatic rings. The highest BCUT2D eigenvalue weighted by molar-refractivity contribution is 7.87. The minimum absolute atomic E-state index is 0.309. The fourth-order valence-electron chi connectivity index (χ4n) is 1.50. The molecule has 7 heteroatoms. The van der Waals surface area contributed by atoms with Gasteiger partial charge in [0, 0.05) is 20.0 Å². The highest BCUT2D eigenvalue weighted by Crippen LogP contribution is 2.10.